The van der Waals surface area contributed by atoms with E-state index in [-0.39, 0.29) is 22.2 Å². The monoisotopic (exact) mass is 298 g/mol. The summed E-state index contributed by atoms with van der Waals surface area (Å²) >= 11 is 2.95. The van der Waals surface area contributed by atoms with Crippen LogP contribution in [0.25, 0.3) is 0 Å². The van der Waals surface area contributed by atoms with E-state index < -0.39 is 16.6 Å². The zero-order valence-electron chi connectivity index (χ0n) is 8.77. The summed E-state index contributed by atoms with van der Waals surface area (Å²) in [6, 6.07) is 4.22. The number of nitriles is 1. The molecule has 0 aromatic heterocycles. The smallest absolute Gasteiger partial charge is 0.339 e. The van der Waals surface area contributed by atoms with Crippen molar-refractivity contribution in [3.8, 4) is 6.07 Å². The minimum absolute atomic E-state index is 0.0255. The highest BCUT2D eigenvalue weighted by Gasteiger charge is 2.25. The van der Waals surface area contributed by atoms with Crippen LogP contribution in [-0.2, 0) is 4.74 Å². The molecule has 1 aromatic rings. The van der Waals surface area contributed by atoms with Gasteiger partial charge in [-0.15, -0.1) is 0 Å². The summed E-state index contributed by atoms with van der Waals surface area (Å²) in [5, 5.41) is 19.5. The summed E-state index contributed by atoms with van der Waals surface area (Å²) in [6.07, 6.45) is 0. The fraction of sp³-hybridized carbons (Fsp3) is 0.200. The van der Waals surface area contributed by atoms with Crippen molar-refractivity contribution in [2.75, 3.05) is 6.61 Å². The first kappa shape index (κ1) is 13.1. The lowest BCUT2D eigenvalue weighted by Crippen LogP contribution is -2.07. The number of carbonyl (C=O) groups is 1. The fourth-order valence-corrected chi connectivity index (χ4v) is 1.85. The maximum absolute atomic E-state index is 11.5. The van der Waals surface area contributed by atoms with Gasteiger partial charge in [0, 0.05) is 0 Å². The number of benzene rings is 1. The topological polar surface area (TPSA) is 93.2 Å². The highest BCUT2D eigenvalue weighted by Crippen LogP contribution is 2.32. The third-order valence-corrected chi connectivity index (χ3v) is 2.72. The van der Waals surface area contributed by atoms with Gasteiger partial charge in [-0.05, 0) is 35.0 Å². The van der Waals surface area contributed by atoms with Crippen LogP contribution >= 0.6 is 15.9 Å². The van der Waals surface area contributed by atoms with Gasteiger partial charge in [0.05, 0.1) is 17.1 Å². The Bertz CT molecular complexity index is 522. The van der Waals surface area contributed by atoms with Crippen LogP contribution in [-0.4, -0.2) is 17.5 Å². The second kappa shape index (κ2) is 5.41. The molecule has 0 aliphatic carbocycles. The van der Waals surface area contributed by atoms with Gasteiger partial charge in [0.1, 0.15) is 16.1 Å². The lowest BCUT2D eigenvalue weighted by atomic mass is 10.1. The van der Waals surface area contributed by atoms with Gasteiger partial charge in [0.15, 0.2) is 0 Å². The Balaban J connectivity index is 3.39. The van der Waals surface area contributed by atoms with E-state index in [0.29, 0.717) is 0 Å². The summed E-state index contributed by atoms with van der Waals surface area (Å²) in [4.78, 5) is 21.6. The molecule has 0 N–H and O–H groups in total. The number of rotatable bonds is 3. The van der Waals surface area contributed by atoms with Crippen molar-refractivity contribution in [3.05, 3.63) is 37.8 Å². The molecule has 6 nitrogen and oxygen atoms in total. The minimum atomic E-state index is -0.717. The predicted molar refractivity (Wildman–Crippen MR) is 61.5 cm³/mol. The van der Waals surface area contributed by atoms with Crippen molar-refractivity contribution >= 4 is 27.6 Å². The number of ether oxygens (including phenoxy) is 1. The van der Waals surface area contributed by atoms with Gasteiger partial charge in [-0.1, -0.05) is 0 Å². The van der Waals surface area contributed by atoms with Crippen LogP contribution in [0, 0.1) is 21.4 Å². The molecule has 0 aliphatic rings. The zero-order valence-corrected chi connectivity index (χ0v) is 10.4. The number of esters is 1. The molecule has 0 unspecified atom stereocenters. The molecule has 0 saturated heterocycles. The maximum Gasteiger partial charge on any atom is 0.339 e. The zero-order chi connectivity index (χ0) is 13.0. The number of nitro groups is 1. The first-order chi connectivity index (χ1) is 8.02. The Hall–Kier alpha value is -1.94. The molecule has 7 heteroatoms. The van der Waals surface area contributed by atoms with Crippen LogP contribution in [0.4, 0.5) is 5.69 Å². The molecule has 0 radical (unpaired) electrons. The molecule has 17 heavy (non-hydrogen) atoms. The third-order valence-electron chi connectivity index (χ3n) is 1.91. The fourth-order valence-electron chi connectivity index (χ4n) is 1.20. The van der Waals surface area contributed by atoms with Crippen LogP contribution in [0.1, 0.15) is 22.8 Å². The van der Waals surface area contributed by atoms with E-state index in [4.69, 9.17) is 10.00 Å². The van der Waals surface area contributed by atoms with Crippen LogP contribution in [0.15, 0.2) is 16.6 Å². The molecule has 0 aliphatic heterocycles. The second-order valence-electron chi connectivity index (χ2n) is 2.91. The second-order valence-corrected chi connectivity index (χ2v) is 3.71. The van der Waals surface area contributed by atoms with Crippen molar-refractivity contribution < 1.29 is 14.5 Å². The Kier molecular flexibility index (Phi) is 4.17. The van der Waals surface area contributed by atoms with Gasteiger partial charge in [0.2, 0.25) is 0 Å². The van der Waals surface area contributed by atoms with E-state index in [1.165, 1.54) is 12.1 Å². The summed E-state index contributed by atoms with van der Waals surface area (Å²) < 4.78 is 4.70. The number of nitrogens with zero attached hydrogens (tertiary/aromatic N) is 2. The highest BCUT2D eigenvalue weighted by atomic mass is 79.9. The first-order valence-corrected chi connectivity index (χ1v) is 5.36. The molecule has 0 bridgehead atoms. The maximum atomic E-state index is 11.5. The number of hydrogen-bond acceptors (Lipinski definition) is 5. The average molecular weight is 299 g/mol. The lowest BCUT2D eigenvalue weighted by Gasteiger charge is -2.05. The molecule has 0 amide bonds. The van der Waals surface area contributed by atoms with E-state index in [0.717, 1.165) is 0 Å². The molecule has 0 saturated carbocycles. The van der Waals surface area contributed by atoms with Crippen molar-refractivity contribution in [2.24, 2.45) is 0 Å². The number of nitro benzene ring substituents is 1. The van der Waals surface area contributed by atoms with Crippen molar-refractivity contribution in [1.29, 1.82) is 5.26 Å². The van der Waals surface area contributed by atoms with Crippen molar-refractivity contribution in [2.45, 2.75) is 6.92 Å². The van der Waals surface area contributed by atoms with Crippen LogP contribution < -0.4 is 0 Å². The summed E-state index contributed by atoms with van der Waals surface area (Å²) in [6.45, 7) is 1.79. The number of carbonyl (C=O) groups excluding carboxylic acids is 1. The minimum Gasteiger partial charge on any atom is -0.462 e. The molecule has 0 spiro atoms. The largest absolute Gasteiger partial charge is 0.462 e. The SMILES string of the molecule is CCOC(=O)c1ccc(C#N)c([N+](=O)[O-])c1Br. The molecular formula is C10H7BrN2O4. The predicted octanol–water partition coefficient (Wildman–Crippen LogP) is 2.41. The third kappa shape index (κ3) is 2.60. The quantitative estimate of drug-likeness (QED) is 0.485. The van der Waals surface area contributed by atoms with E-state index in [2.05, 4.69) is 15.9 Å². The van der Waals surface area contributed by atoms with Gasteiger partial charge in [-0.25, -0.2) is 4.79 Å². The summed E-state index contributed by atoms with van der Waals surface area (Å²) in [5.74, 6) is -0.674. The van der Waals surface area contributed by atoms with Crippen LogP contribution in [0.3, 0.4) is 0 Å². The van der Waals surface area contributed by atoms with Crippen LogP contribution in [0.5, 0.6) is 0 Å². The van der Waals surface area contributed by atoms with Crippen molar-refractivity contribution in [1.82, 2.24) is 0 Å². The molecule has 0 atom stereocenters. The Morgan fingerprint density at radius 3 is 2.76 bits per heavy atom. The van der Waals surface area contributed by atoms with E-state index in [1.807, 2.05) is 0 Å². The summed E-state index contributed by atoms with van der Waals surface area (Å²) in [7, 11) is 0. The normalized spacial score (nSPS) is 9.47. The van der Waals surface area contributed by atoms with Gasteiger partial charge < -0.3 is 4.74 Å². The number of hydrogen-bond donors (Lipinski definition) is 0. The van der Waals surface area contributed by atoms with Crippen LogP contribution in [0.2, 0.25) is 0 Å². The van der Waals surface area contributed by atoms with Gasteiger partial charge >= 0.3 is 11.7 Å². The molecule has 1 aromatic carbocycles. The molecular weight excluding hydrogens is 292 g/mol. The van der Waals surface area contributed by atoms with E-state index in [1.54, 1.807) is 13.0 Å². The molecule has 88 valence electrons. The van der Waals surface area contributed by atoms with Gasteiger partial charge in [-0.2, -0.15) is 5.26 Å². The van der Waals surface area contributed by atoms with Gasteiger partial charge in [0.25, 0.3) is 0 Å². The average Bonchev–Trinajstić information content (AvgIpc) is 2.27. The first-order valence-electron chi connectivity index (χ1n) is 4.57. The highest BCUT2D eigenvalue weighted by molar-refractivity contribution is 9.10. The van der Waals surface area contributed by atoms with E-state index >= 15 is 0 Å². The summed E-state index contributed by atoms with van der Waals surface area (Å²) in [5.41, 5.74) is -0.523. The molecule has 1 rings (SSSR count). The Labute approximate surface area is 105 Å². The molecule has 0 heterocycles. The molecule has 0 fully saturated rings. The van der Waals surface area contributed by atoms with Crippen molar-refractivity contribution in [3.63, 3.8) is 0 Å². The number of halogens is 1. The Morgan fingerprint density at radius 2 is 2.29 bits per heavy atom. The van der Waals surface area contributed by atoms with Gasteiger partial charge in [-0.3, -0.25) is 10.1 Å². The Morgan fingerprint density at radius 1 is 1.65 bits per heavy atom. The van der Waals surface area contributed by atoms with E-state index in [9.17, 15) is 14.9 Å². The lowest BCUT2D eigenvalue weighted by molar-refractivity contribution is -0.386. The standard InChI is InChI=1S/C10H7BrN2O4/c1-2-17-10(14)7-4-3-6(5-12)9(8(7)11)13(15)16/h3-4H,2H2,1H3.